The molecule has 0 spiro atoms. The number of alkyl halides is 2. The Bertz CT molecular complexity index is 526. The van der Waals surface area contributed by atoms with E-state index in [2.05, 4.69) is 16.2 Å². The zero-order chi connectivity index (χ0) is 15.5. The maximum absolute atomic E-state index is 12.3. The van der Waals surface area contributed by atoms with E-state index >= 15 is 0 Å². The third kappa shape index (κ3) is 3.77. The first-order valence-corrected chi connectivity index (χ1v) is 8.34. The van der Waals surface area contributed by atoms with Crippen LogP contribution in [0.15, 0.2) is 29.2 Å². The largest absolute Gasteiger partial charge is 0.349 e. The number of benzene rings is 1. The average molecular weight is 327 g/mol. The molecule has 0 radical (unpaired) electrons. The van der Waals surface area contributed by atoms with Crippen LogP contribution in [0, 0.1) is 5.92 Å². The fourth-order valence-corrected chi connectivity index (χ4v) is 3.69. The number of fused-ring (bicyclic) bond motifs is 1. The number of halogens is 2. The standard InChI is InChI=1S/C15H19F2N3OS/c16-15(17)22-12-4-1-9(2-5-12)14(21)19-11-3-6-13-10(7-11)8-18-20-13/h1-2,4-5,10-11,13,15,18,20H,3,6-8H2,(H,19,21). The van der Waals surface area contributed by atoms with Crippen LogP contribution in [0.2, 0.25) is 0 Å². The number of rotatable bonds is 4. The number of hydrogen-bond acceptors (Lipinski definition) is 4. The summed E-state index contributed by atoms with van der Waals surface area (Å²) in [5.41, 5.74) is 6.94. The van der Waals surface area contributed by atoms with E-state index in [1.807, 2.05) is 0 Å². The van der Waals surface area contributed by atoms with Gasteiger partial charge in [-0.1, -0.05) is 11.8 Å². The molecule has 3 rings (SSSR count). The molecule has 1 aromatic rings. The van der Waals surface area contributed by atoms with E-state index in [1.165, 1.54) is 0 Å². The van der Waals surface area contributed by atoms with E-state index < -0.39 is 5.76 Å². The summed E-state index contributed by atoms with van der Waals surface area (Å²) in [5.74, 6) is -2.01. The lowest BCUT2D eigenvalue weighted by molar-refractivity contribution is 0.0918. The molecule has 22 heavy (non-hydrogen) atoms. The summed E-state index contributed by atoms with van der Waals surface area (Å²) in [4.78, 5) is 12.7. The molecule has 3 atom stereocenters. The van der Waals surface area contributed by atoms with Crippen LogP contribution < -0.4 is 16.2 Å². The number of carbonyl (C=O) groups excluding carboxylic acids is 1. The number of nitrogens with one attached hydrogen (secondary N) is 3. The predicted octanol–water partition coefficient (Wildman–Crippen LogP) is 2.38. The second-order valence-electron chi connectivity index (χ2n) is 5.78. The van der Waals surface area contributed by atoms with Crippen LogP contribution in [0.25, 0.3) is 0 Å². The van der Waals surface area contributed by atoms with Gasteiger partial charge < -0.3 is 5.32 Å². The summed E-state index contributed by atoms with van der Waals surface area (Å²) in [6, 6.07) is 7.03. The van der Waals surface area contributed by atoms with Crippen LogP contribution in [-0.2, 0) is 0 Å². The van der Waals surface area contributed by atoms with E-state index in [0.29, 0.717) is 34.2 Å². The third-order valence-electron chi connectivity index (χ3n) is 4.31. The minimum absolute atomic E-state index is 0.129. The van der Waals surface area contributed by atoms with E-state index in [-0.39, 0.29) is 11.9 Å². The van der Waals surface area contributed by atoms with Gasteiger partial charge in [-0.25, -0.2) is 0 Å². The van der Waals surface area contributed by atoms with Crippen LogP contribution >= 0.6 is 11.8 Å². The lowest BCUT2D eigenvalue weighted by atomic mass is 9.83. The molecule has 1 saturated carbocycles. The molecule has 1 aliphatic carbocycles. The molecule has 1 aliphatic heterocycles. The SMILES string of the molecule is O=C(NC1CCC2NNCC2C1)c1ccc(SC(F)F)cc1. The number of carbonyl (C=O) groups is 1. The molecule has 3 N–H and O–H groups in total. The Hall–Kier alpha value is -1.18. The summed E-state index contributed by atoms with van der Waals surface area (Å²) in [5, 5.41) is 3.06. The third-order valence-corrected chi connectivity index (χ3v) is 5.03. The molecule has 3 unspecified atom stereocenters. The fourth-order valence-electron chi connectivity index (χ4n) is 3.19. The van der Waals surface area contributed by atoms with Crippen LogP contribution in [0.4, 0.5) is 8.78 Å². The first-order chi connectivity index (χ1) is 10.6. The number of thioether (sulfide) groups is 1. The highest BCUT2D eigenvalue weighted by atomic mass is 32.2. The topological polar surface area (TPSA) is 53.2 Å². The van der Waals surface area contributed by atoms with Crippen molar-refractivity contribution in [2.45, 2.75) is 42.0 Å². The minimum atomic E-state index is -2.44. The highest BCUT2D eigenvalue weighted by molar-refractivity contribution is 7.99. The lowest BCUT2D eigenvalue weighted by Gasteiger charge is -2.31. The Labute approximate surface area is 132 Å². The maximum Gasteiger partial charge on any atom is 0.288 e. The van der Waals surface area contributed by atoms with Crippen molar-refractivity contribution in [2.24, 2.45) is 5.92 Å². The van der Waals surface area contributed by atoms with Crippen LogP contribution in [0.5, 0.6) is 0 Å². The first kappa shape index (κ1) is 15.7. The van der Waals surface area contributed by atoms with Crippen molar-refractivity contribution in [3.63, 3.8) is 0 Å². The monoisotopic (exact) mass is 327 g/mol. The van der Waals surface area contributed by atoms with E-state index in [1.54, 1.807) is 24.3 Å². The van der Waals surface area contributed by atoms with Crippen molar-refractivity contribution in [3.05, 3.63) is 29.8 Å². The van der Waals surface area contributed by atoms with Crippen molar-refractivity contribution in [1.29, 1.82) is 0 Å². The van der Waals surface area contributed by atoms with Crippen molar-refractivity contribution < 1.29 is 13.6 Å². The predicted molar refractivity (Wildman–Crippen MR) is 81.8 cm³/mol. The Balaban J connectivity index is 1.55. The van der Waals surface area contributed by atoms with Crippen molar-refractivity contribution >= 4 is 17.7 Å². The summed E-state index contributed by atoms with van der Waals surface area (Å²) in [6.45, 7) is 0.941. The second kappa shape index (κ2) is 6.93. The van der Waals surface area contributed by atoms with Crippen LogP contribution in [0.1, 0.15) is 29.6 Å². The average Bonchev–Trinajstić information content (AvgIpc) is 2.95. The van der Waals surface area contributed by atoms with Gasteiger partial charge in [0.15, 0.2) is 0 Å². The van der Waals surface area contributed by atoms with Gasteiger partial charge in [0.25, 0.3) is 11.7 Å². The molecule has 1 heterocycles. The molecule has 1 aromatic carbocycles. The quantitative estimate of drug-likeness (QED) is 0.743. The molecule has 120 valence electrons. The first-order valence-electron chi connectivity index (χ1n) is 7.46. The fraction of sp³-hybridized carbons (Fsp3) is 0.533. The smallest absolute Gasteiger partial charge is 0.288 e. The molecule has 1 saturated heterocycles. The number of hydrogen-bond donors (Lipinski definition) is 3. The summed E-state index contributed by atoms with van der Waals surface area (Å²) >= 11 is 0.486. The molecule has 1 amide bonds. The van der Waals surface area contributed by atoms with Gasteiger partial charge in [-0.15, -0.1) is 0 Å². The van der Waals surface area contributed by atoms with Crippen LogP contribution in [0.3, 0.4) is 0 Å². The van der Waals surface area contributed by atoms with Gasteiger partial charge in [0, 0.05) is 29.1 Å². The zero-order valence-corrected chi connectivity index (χ0v) is 12.8. The van der Waals surface area contributed by atoms with Gasteiger partial charge in [-0.2, -0.15) is 8.78 Å². The van der Waals surface area contributed by atoms with Gasteiger partial charge in [0.1, 0.15) is 0 Å². The highest BCUT2D eigenvalue weighted by Gasteiger charge is 2.34. The Morgan fingerprint density at radius 2 is 2.05 bits per heavy atom. The Morgan fingerprint density at radius 1 is 1.27 bits per heavy atom. The Kier molecular flexibility index (Phi) is 4.95. The summed E-state index contributed by atoms with van der Waals surface area (Å²) in [7, 11) is 0. The van der Waals surface area contributed by atoms with E-state index in [9.17, 15) is 13.6 Å². The molecular formula is C15H19F2N3OS. The highest BCUT2D eigenvalue weighted by Crippen LogP contribution is 2.27. The molecule has 0 aromatic heterocycles. The van der Waals surface area contributed by atoms with Crippen LogP contribution in [-0.4, -0.2) is 30.3 Å². The molecule has 0 bridgehead atoms. The lowest BCUT2D eigenvalue weighted by Crippen LogP contribution is -2.44. The number of hydrazine groups is 1. The molecule has 4 nitrogen and oxygen atoms in total. The van der Waals surface area contributed by atoms with Gasteiger partial charge >= 0.3 is 0 Å². The van der Waals surface area contributed by atoms with Crippen molar-refractivity contribution in [1.82, 2.24) is 16.2 Å². The van der Waals surface area contributed by atoms with Gasteiger partial charge in [-0.05, 0) is 49.4 Å². The maximum atomic E-state index is 12.3. The van der Waals surface area contributed by atoms with E-state index in [4.69, 9.17) is 0 Å². The molecular weight excluding hydrogens is 308 g/mol. The molecule has 2 fully saturated rings. The zero-order valence-electron chi connectivity index (χ0n) is 12.0. The normalized spacial score (nSPS) is 27.7. The number of amides is 1. The van der Waals surface area contributed by atoms with Gasteiger partial charge in [0.2, 0.25) is 0 Å². The molecule has 7 heteroatoms. The van der Waals surface area contributed by atoms with Gasteiger partial charge in [-0.3, -0.25) is 15.6 Å². The van der Waals surface area contributed by atoms with Crippen molar-refractivity contribution in [2.75, 3.05) is 6.54 Å². The van der Waals surface area contributed by atoms with E-state index in [0.717, 1.165) is 25.8 Å². The summed E-state index contributed by atoms with van der Waals surface area (Å²) < 4.78 is 24.5. The summed E-state index contributed by atoms with van der Waals surface area (Å²) in [6.07, 6.45) is 2.98. The Morgan fingerprint density at radius 3 is 2.77 bits per heavy atom. The molecule has 2 aliphatic rings. The minimum Gasteiger partial charge on any atom is -0.349 e. The van der Waals surface area contributed by atoms with Crippen molar-refractivity contribution in [3.8, 4) is 0 Å². The second-order valence-corrected chi connectivity index (χ2v) is 6.84. The van der Waals surface area contributed by atoms with Gasteiger partial charge in [0.05, 0.1) is 0 Å².